The van der Waals surface area contributed by atoms with Gasteiger partial charge in [0.25, 0.3) is 0 Å². The number of nitrogens with one attached hydrogen (secondary N) is 1. The molecule has 0 atom stereocenters. The van der Waals surface area contributed by atoms with E-state index in [-0.39, 0.29) is 11.6 Å². The zero-order valence-corrected chi connectivity index (χ0v) is 11.6. The summed E-state index contributed by atoms with van der Waals surface area (Å²) in [5.41, 5.74) is 5.91. The van der Waals surface area contributed by atoms with E-state index in [0.717, 1.165) is 4.57 Å². The molecule has 0 bridgehead atoms. The van der Waals surface area contributed by atoms with Crippen LogP contribution in [0.2, 0.25) is 10.0 Å². The van der Waals surface area contributed by atoms with E-state index in [0.29, 0.717) is 16.4 Å². The number of nitrogens with zero attached hydrogens (tertiary/aromatic N) is 2. The van der Waals surface area contributed by atoms with Gasteiger partial charge in [-0.2, -0.15) is 0 Å². The van der Waals surface area contributed by atoms with Crippen molar-refractivity contribution >= 4 is 40.5 Å². The quantitative estimate of drug-likeness (QED) is 0.845. The molecule has 0 aliphatic carbocycles. The summed E-state index contributed by atoms with van der Waals surface area (Å²) < 4.78 is 1.11. The van der Waals surface area contributed by atoms with Gasteiger partial charge in [0.2, 0.25) is 5.91 Å². The van der Waals surface area contributed by atoms with Gasteiger partial charge in [0, 0.05) is 11.9 Å². The Morgan fingerprint density at radius 3 is 2.85 bits per heavy atom. The number of benzene rings is 1. The first-order valence-corrected chi connectivity index (χ1v) is 6.28. The standard InChI is InChI=1S/C12H10Cl2N4O2/c13-7-4-16-12(20)18(5-7)6-11(19)17-8-1-2-9(14)10(15)3-8/h1-5H,6,15H2,(H,17,19). The number of nitrogens with two attached hydrogens (primary N) is 1. The Labute approximate surface area is 124 Å². The molecule has 104 valence electrons. The number of amides is 1. The minimum Gasteiger partial charge on any atom is -0.397 e. The van der Waals surface area contributed by atoms with Crippen LogP contribution in [0.25, 0.3) is 0 Å². The van der Waals surface area contributed by atoms with Gasteiger partial charge in [0.1, 0.15) is 6.54 Å². The van der Waals surface area contributed by atoms with Gasteiger partial charge in [-0.3, -0.25) is 9.36 Å². The van der Waals surface area contributed by atoms with Crippen molar-refractivity contribution in [1.82, 2.24) is 9.55 Å². The summed E-state index contributed by atoms with van der Waals surface area (Å²) in [5.74, 6) is -0.405. The fraction of sp³-hybridized carbons (Fsp3) is 0.0833. The molecule has 2 aromatic rings. The third kappa shape index (κ3) is 3.49. The molecule has 0 saturated heterocycles. The fourth-order valence-corrected chi connectivity index (χ4v) is 1.80. The second-order valence-corrected chi connectivity index (χ2v) is 4.81. The predicted octanol–water partition coefficient (Wildman–Crippen LogP) is 1.77. The molecule has 1 amide bonds. The van der Waals surface area contributed by atoms with Gasteiger partial charge in [-0.1, -0.05) is 23.2 Å². The van der Waals surface area contributed by atoms with E-state index in [1.54, 1.807) is 12.1 Å². The van der Waals surface area contributed by atoms with Gasteiger partial charge in [0.15, 0.2) is 0 Å². The zero-order chi connectivity index (χ0) is 14.7. The topological polar surface area (TPSA) is 90.0 Å². The average Bonchev–Trinajstić information content (AvgIpc) is 2.38. The summed E-state index contributed by atoms with van der Waals surface area (Å²) in [6, 6.07) is 4.70. The van der Waals surface area contributed by atoms with Gasteiger partial charge >= 0.3 is 5.69 Å². The molecule has 0 aliphatic heterocycles. The highest BCUT2D eigenvalue weighted by atomic mass is 35.5. The van der Waals surface area contributed by atoms with Crippen molar-refractivity contribution in [2.75, 3.05) is 11.1 Å². The van der Waals surface area contributed by atoms with E-state index >= 15 is 0 Å². The SMILES string of the molecule is Nc1cc(NC(=O)Cn2cc(Cl)cnc2=O)ccc1Cl. The molecular weight excluding hydrogens is 303 g/mol. The molecule has 0 fully saturated rings. The second-order valence-electron chi connectivity index (χ2n) is 3.97. The van der Waals surface area contributed by atoms with Crippen molar-refractivity contribution in [3.8, 4) is 0 Å². The van der Waals surface area contributed by atoms with Crippen LogP contribution < -0.4 is 16.7 Å². The number of nitrogen functional groups attached to an aromatic ring is 1. The number of rotatable bonds is 3. The highest BCUT2D eigenvalue weighted by molar-refractivity contribution is 6.33. The Hall–Kier alpha value is -2.05. The highest BCUT2D eigenvalue weighted by Gasteiger charge is 2.07. The largest absolute Gasteiger partial charge is 0.397 e. The fourth-order valence-electron chi connectivity index (χ4n) is 1.52. The van der Waals surface area contributed by atoms with Crippen molar-refractivity contribution in [3.63, 3.8) is 0 Å². The third-order valence-electron chi connectivity index (χ3n) is 2.42. The van der Waals surface area contributed by atoms with Crippen LogP contribution in [0.15, 0.2) is 35.4 Å². The lowest BCUT2D eigenvalue weighted by Gasteiger charge is -2.08. The van der Waals surface area contributed by atoms with E-state index in [1.165, 1.54) is 18.5 Å². The van der Waals surface area contributed by atoms with Gasteiger partial charge in [0.05, 0.1) is 21.9 Å². The lowest BCUT2D eigenvalue weighted by molar-refractivity contribution is -0.116. The number of carbonyl (C=O) groups excluding carboxylic acids is 1. The summed E-state index contributed by atoms with van der Waals surface area (Å²) in [5, 5.41) is 3.27. The van der Waals surface area contributed by atoms with Crippen molar-refractivity contribution in [2.45, 2.75) is 6.54 Å². The van der Waals surface area contributed by atoms with Crippen molar-refractivity contribution in [2.24, 2.45) is 0 Å². The average molecular weight is 313 g/mol. The molecule has 0 unspecified atom stereocenters. The molecule has 3 N–H and O–H groups in total. The molecule has 1 aromatic carbocycles. The molecule has 2 rings (SSSR count). The highest BCUT2D eigenvalue weighted by Crippen LogP contribution is 2.22. The summed E-state index contributed by atoms with van der Waals surface area (Å²) >= 11 is 11.5. The summed E-state index contributed by atoms with van der Waals surface area (Å²) in [6.45, 7) is -0.199. The van der Waals surface area contributed by atoms with Crippen LogP contribution in [0.3, 0.4) is 0 Å². The van der Waals surface area contributed by atoms with Gasteiger partial charge in [-0.05, 0) is 18.2 Å². The van der Waals surface area contributed by atoms with Gasteiger partial charge in [-0.25, -0.2) is 9.78 Å². The first-order chi connectivity index (χ1) is 9.45. The Morgan fingerprint density at radius 2 is 2.15 bits per heavy atom. The Balaban J connectivity index is 2.11. The maximum absolute atomic E-state index is 11.8. The Kier molecular flexibility index (Phi) is 4.26. The Bertz CT molecular complexity index is 715. The van der Waals surface area contributed by atoms with E-state index in [1.807, 2.05) is 0 Å². The third-order valence-corrected chi connectivity index (χ3v) is 2.96. The molecular formula is C12H10Cl2N4O2. The number of hydrogen-bond acceptors (Lipinski definition) is 4. The Morgan fingerprint density at radius 1 is 1.40 bits per heavy atom. The molecule has 0 aliphatic rings. The lowest BCUT2D eigenvalue weighted by Crippen LogP contribution is -2.28. The molecule has 0 radical (unpaired) electrons. The lowest BCUT2D eigenvalue weighted by atomic mass is 10.3. The number of aromatic nitrogens is 2. The first-order valence-electron chi connectivity index (χ1n) is 5.52. The molecule has 1 heterocycles. The summed E-state index contributed by atoms with van der Waals surface area (Å²) in [6.07, 6.45) is 2.56. The monoisotopic (exact) mass is 312 g/mol. The number of anilines is 2. The smallest absolute Gasteiger partial charge is 0.348 e. The van der Waals surface area contributed by atoms with Crippen LogP contribution >= 0.6 is 23.2 Å². The molecule has 1 aromatic heterocycles. The molecule has 20 heavy (non-hydrogen) atoms. The maximum atomic E-state index is 11.8. The van der Waals surface area contributed by atoms with Crippen molar-refractivity contribution < 1.29 is 4.79 Å². The maximum Gasteiger partial charge on any atom is 0.348 e. The number of halogens is 2. The van der Waals surface area contributed by atoms with Crippen LogP contribution in [-0.2, 0) is 11.3 Å². The minimum absolute atomic E-state index is 0.199. The van der Waals surface area contributed by atoms with Gasteiger partial charge in [-0.15, -0.1) is 0 Å². The van der Waals surface area contributed by atoms with E-state index in [2.05, 4.69) is 10.3 Å². The number of carbonyl (C=O) groups is 1. The van der Waals surface area contributed by atoms with Crippen molar-refractivity contribution in [1.29, 1.82) is 0 Å². The van der Waals surface area contributed by atoms with Gasteiger partial charge < -0.3 is 11.1 Å². The summed E-state index contributed by atoms with van der Waals surface area (Å²) in [7, 11) is 0. The molecule has 8 heteroatoms. The van der Waals surface area contributed by atoms with Crippen LogP contribution in [0, 0.1) is 0 Å². The van der Waals surface area contributed by atoms with Crippen LogP contribution in [-0.4, -0.2) is 15.5 Å². The molecule has 0 spiro atoms. The van der Waals surface area contributed by atoms with E-state index in [9.17, 15) is 9.59 Å². The van der Waals surface area contributed by atoms with Crippen LogP contribution in [0.5, 0.6) is 0 Å². The normalized spacial score (nSPS) is 10.3. The second kappa shape index (κ2) is 5.94. The van der Waals surface area contributed by atoms with E-state index < -0.39 is 11.6 Å². The minimum atomic E-state index is -0.555. The first kappa shape index (κ1) is 14.4. The van der Waals surface area contributed by atoms with E-state index in [4.69, 9.17) is 28.9 Å². The van der Waals surface area contributed by atoms with Crippen molar-refractivity contribution in [3.05, 3.63) is 51.1 Å². The van der Waals surface area contributed by atoms with Crippen LogP contribution in [0.4, 0.5) is 11.4 Å². The van der Waals surface area contributed by atoms with Crippen LogP contribution in [0.1, 0.15) is 0 Å². The molecule has 0 saturated carbocycles. The number of hydrogen-bond donors (Lipinski definition) is 2. The zero-order valence-electron chi connectivity index (χ0n) is 10.1. The predicted molar refractivity (Wildman–Crippen MR) is 78.0 cm³/mol. The summed E-state index contributed by atoms with van der Waals surface area (Å²) in [4.78, 5) is 26.8. The molecule has 6 nitrogen and oxygen atoms in total.